The standard InChI is InChI=1S/C14H20FNO/c1-3-17-14-8-7-11(9-12(14)15)16-13-6-4-5-10(13)2/h7-10,13,16H,3-6H2,1-2H3. The predicted octanol–water partition coefficient (Wildman–Crippen LogP) is 3.82. The summed E-state index contributed by atoms with van der Waals surface area (Å²) in [7, 11) is 0. The highest BCUT2D eigenvalue weighted by atomic mass is 19.1. The molecule has 0 aliphatic heterocycles. The van der Waals surface area contributed by atoms with Gasteiger partial charge in [0.2, 0.25) is 0 Å². The highest BCUT2D eigenvalue weighted by Crippen LogP contribution is 2.29. The zero-order valence-corrected chi connectivity index (χ0v) is 10.5. The van der Waals surface area contributed by atoms with Crippen LogP contribution in [0.2, 0.25) is 0 Å². The van der Waals surface area contributed by atoms with E-state index in [1.54, 1.807) is 6.07 Å². The van der Waals surface area contributed by atoms with Crippen LogP contribution in [0.15, 0.2) is 18.2 Å². The van der Waals surface area contributed by atoms with Crippen LogP contribution in [0.1, 0.15) is 33.1 Å². The SMILES string of the molecule is CCOc1ccc(NC2CCCC2C)cc1F. The van der Waals surface area contributed by atoms with Crippen molar-refractivity contribution in [2.75, 3.05) is 11.9 Å². The summed E-state index contributed by atoms with van der Waals surface area (Å²) in [4.78, 5) is 0. The molecule has 1 N–H and O–H groups in total. The van der Waals surface area contributed by atoms with E-state index in [1.165, 1.54) is 25.3 Å². The average molecular weight is 237 g/mol. The Morgan fingerprint density at radius 2 is 2.24 bits per heavy atom. The van der Waals surface area contributed by atoms with Gasteiger partial charge in [-0.15, -0.1) is 0 Å². The Morgan fingerprint density at radius 3 is 2.82 bits per heavy atom. The van der Waals surface area contributed by atoms with Gasteiger partial charge < -0.3 is 10.1 Å². The van der Waals surface area contributed by atoms with Crippen molar-refractivity contribution in [3.63, 3.8) is 0 Å². The fourth-order valence-corrected chi connectivity index (χ4v) is 2.44. The Labute approximate surface area is 102 Å². The molecule has 1 fully saturated rings. The van der Waals surface area contributed by atoms with Gasteiger partial charge in [0.1, 0.15) is 0 Å². The van der Waals surface area contributed by atoms with E-state index < -0.39 is 0 Å². The second-order valence-electron chi connectivity index (χ2n) is 4.74. The lowest BCUT2D eigenvalue weighted by Gasteiger charge is -2.19. The third-order valence-corrected chi connectivity index (χ3v) is 3.45. The molecule has 0 saturated heterocycles. The molecule has 0 aromatic heterocycles. The molecule has 0 amide bonds. The first kappa shape index (κ1) is 12.2. The molecule has 1 aliphatic carbocycles. The zero-order chi connectivity index (χ0) is 12.3. The highest BCUT2D eigenvalue weighted by Gasteiger charge is 2.23. The quantitative estimate of drug-likeness (QED) is 0.859. The summed E-state index contributed by atoms with van der Waals surface area (Å²) < 4.78 is 18.8. The number of hydrogen-bond donors (Lipinski definition) is 1. The normalized spacial score (nSPS) is 23.7. The maximum Gasteiger partial charge on any atom is 0.167 e. The summed E-state index contributed by atoms with van der Waals surface area (Å²) in [5.41, 5.74) is 0.852. The summed E-state index contributed by atoms with van der Waals surface area (Å²) in [6.07, 6.45) is 3.70. The predicted molar refractivity (Wildman–Crippen MR) is 68.0 cm³/mol. The minimum atomic E-state index is -0.289. The molecule has 0 radical (unpaired) electrons. The number of rotatable bonds is 4. The van der Waals surface area contributed by atoms with E-state index in [0.717, 1.165) is 5.69 Å². The van der Waals surface area contributed by atoms with Crippen LogP contribution in [0, 0.1) is 11.7 Å². The molecule has 2 nitrogen and oxygen atoms in total. The van der Waals surface area contributed by atoms with Crippen LogP contribution >= 0.6 is 0 Å². The molecule has 3 heteroatoms. The summed E-state index contributed by atoms with van der Waals surface area (Å²) in [5.74, 6) is 0.713. The van der Waals surface area contributed by atoms with E-state index in [0.29, 0.717) is 24.3 Å². The Hall–Kier alpha value is -1.25. The minimum absolute atomic E-state index is 0.289. The largest absolute Gasteiger partial charge is 0.491 e. The van der Waals surface area contributed by atoms with Crippen molar-refractivity contribution >= 4 is 5.69 Å². The first-order valence-electron chi connectivity index (χ1n) is 6.39. The van der Waals surface area contributed by atoms with E-state index in [4.69, 9.17) is 4.74 Å². The first-order chi connectivity index (χ1) is 8.20. The number of hydrogen-bond acceptors (Lipinski definition) is 2. The summed E-state index contributed by atoms with van der Waals surface area (Å²) in [6.45, 7) is 4.59. The Kier molecular flexibility index (Phi) is 3.87. The van der Waals surface area contributed by atoms with Crippen LogP contribution in [-0.4, -0.2) is 12.6 Å². The van der Waals surface area contributed by atoms with Crippen LogP contribution in [0.5, 0.6) is 5.75 Å². The molecular formula is C14H20FNO. The minimum Gasteiger partial charge on any atom is -0.491 e. The monoisotopic (exact) mass is 237 g/mol. The summed E-state index contributed by atoms with van der Waals surface area (Å²) in [6, 6.07) is 5.59. The van der Waals surface area contributed by atoms with Gasteiger partial charge in [0.25, 0.3) is 0 Å². The van der Waals surface area contributed by atoms with Gasteiger partial charge in [-0.3, -0.25) is 0 Å². The second kappa shape index (κ2) is 5.39. The average Bonchev–Trinajstić information content (AvgIpc) is 2.69. The lowest BCUT2D eigenvalue weighted by Crippen LogP contribution is -2.21. The second-order valence-corrected chi connectivity index (χ2v) is 4.74. The van der Waals surface area contributed by atoms with Crippen LogP contribution in [0.4, 0.5) is 10.1 Å². The molecule has 94 valence electrons. The number of anilines is 1. The number of halogens is 1. The Bertz CT molecular complexity index is 380. The van der Waals surface area contributed by atoms with Gasteiger partial charge in [0.15, 0.2) is 11.6 Å². The van der Waals surface area contributed by atoms with Gasteiger partial charge in [0.05, 0.1) is 6.61 Å². The van der Waals surface area contributed by atoms with E-state index in [2.05, 4.69) is 12.2 Å². The van der Waals surface area contributed by atoms with Crippen LogP contribution in [-0.2, 0) is 0 Å². The van der Waals surface area contributed by atoms with Crippen molar-refractivity contribution in [3.8, 4) is 5.75 Å². The van der Waals surface area contributed by atoms with Crippen molar-refractivity contribution in [1.29, 1.82) is 0 Å². The first-order valence-corrected chi connectivity index (χ1v) is 6.39. The highest BCUT2D eigenvalue weighted by molar-refractivity contribution is 5.48. The molecule has 1 aromatic carbocycles. The summed E-state index contributed by atoms with van der Waals surface area (Å²) in [5, 5.41) is 3.41. The lowest BCUT2D eigenvalue weighted by atomic mass is 10.1. The smallest absolute Gasteiger partial charge is 0.167 e. The van der Waals surface area contributed by atoms with Gasteiger partial charge >= 0.3 is 0 Å². The van der Waals surface area contributed by atoms with E-state index in [-0.39, 0.29) is 5.82 Å². The van der Waals surface area contributed by atoms with Gasteiger partial charge in [-0.25, -0.2) is 4.39 Å². The number of ether oxygens (including phenoxy) is 1. The maximum atomic E-state index is 13.6. The fourth-order valence-electron chi connectivity index (χ4n) is 2.44. The maximum absolute atomic E-state index is 13.6. The molecule has 0 spiro atoms. The molecule has 2 rings (SSSR count). The number of nitrogens with one attached hydrogen (secondary N) is 1. The zero-order valence-electron chi connectivity index (χ0n) is 10.5. The topological polar surface area (TPSA) is 21.3 Å². The van der Waals surface area contributed by atoms with Crippen LogP contribution in [0.3, 0.4) is 0 Å². The third kappa shape index (κ3) is 2.90. The van der Waals surface area contributed by atoms with E-state index >= 15 is 0 Å². The van der Waals surface area contributed by atoms with Gasteiger partial charge in [0, 0.05) is 17.8 Å². The van der Waals surface area contributed by atoms with Crippen molar-refractivity contribution in [2.45, 2.75) is 39.2 Å². The van der Waals surface area contributed by atoms with Crippen molar-refractivity contribution in [1.82, 2.24) is 0 Å². The number of benzene rings is 1. The van der Waals surface area contributed by atoms with Crippen molar-refractivity contribution < 1.29 is 9.13 Å². The molecule has 2 atom stereocenters. The van der Waals surface area contributed by atoms with Gasteiger partial charge in [-0.2, -0.15) is 0 Å². The molecule has 0 heterocycles. The molecule has 2 unspecified atom stereocenters. The third-order valence-electron chi connectivity index (χ3n) is 3.45. The van der Waals surface area contributed by atoms with Crippen LogP contribution in [0.25, 0.3) is 0 Å². The molecule has 0 bridgehead atoms. The van der Waals surface area contributed by atoms with Crippen LogP contribution < -0.4 is 10.1 Å². The van der Waals surface area contributed by atoms with E-state index in [1.807, 2.05) is 13.0 Å². The molecule has 1 saturated carbocycles. The lowest BCUT2D eigenvalue weighted by molar-refractivity contribution is 0.321. The van der Waals surface area contributed by atoms with E-state index in [9.17, 15) is 4.39 Å². The van der Waals surface area contributed by atoms with Crippen molar-refractivity contribution in [2.24, 2.45) is 5.92 Å². The fraction of sp³-hybridized carbons (Fsp3) is 0.571. The van der Waals surface area contributed by atoms with Gasteiger partial charge in [-0.1, -0.05) is 13.3 Å². The molecule has 1 aliphatic rings. The molecular weight excluding hydrogens is 217 g/mol. The van der Waals surface area contributed by atoms with Crippen molar-refractivity contribution in [3.05, 3.63) is 24.0 Å². The Balaban J connectivity index is 2.04. The molecule has 1 aromatic rings. The van der Waals surface area contributed by atoms with Gasteiger partial charge in [-0.05, 0) is 37.8 Å². The molecule has 17 heavy (non-hydrogen) atoms. The Morgan fingerprint density at radius 1 is 1.41 bits per heavy atom. The summed E-state index contributed by atoms with van der Waals surface area (Å²) >= 11 is 0.